The third-order valence-corrected chi connectivity index (χ3v) is 4.15. The zero-order chi connectivity index (χ0) is 13.1. The first kappa shape index (κ1) is 18.6. The average Bonchev–Trinajstić information content (AvgIpc) is 3.27. The van der Waals surface area contributed by atoms with Gasteiger partial charge in [0.15, 0.2) is 0 Å². The number of nitrogens with zero attached hydrogens (tertiary/aromatic N) is 1. The Morgan fingerprint density at radius 2 is 1.76 bits per heavy atom. The third-order valence-electron chi connectivity index (χ3n) is 4.15. The quantitative estimate of drug-likeness (QED) is 0.895. The van der Waals surface area contributed by atoms with Crippen LogP contribution in [-0.4, -0.2) is 37.7 Å². The lowest BCUT2D eigenvalue weighted by Crippen LogP contribution is -2.45. The molecule has 1 aliphatic heterocycles. The largest absolute Gasteiger partial charge is 0.494 e. The molecule has 1 heterocycles. The van der Waals surface area contributed by atoms with Crippen LogP contribution < -0.4 is 10.1 Å². The maximum absolute atomic E-state index is 5.54. The summed E-state index contributed by atoms with van der Waals surface area (Å²) in [5, 5.41) is 3.44. The molecule has 0 bridgehead atoms. The maximum atomic E-state index is 5.54. The van der Waals surface area contributed by atoms with Gasteiger partial charge in [-0.25, -0.2) is 0 Å². The van der Waals surface area contributed by atoms with E-state index in [0.29, 0.717) is 6.04 Å². The van der Waals surface area contributed by atoms with Crippen LogP contribution in [0, 0.1) is 5.92 Å². The second-order valence-corrected chi connectivity index (χ2v) is 5.57. The Balaban J connectivity index is 0.00000110. The molecule has 5 heteroatoms. The van der Waals surface area contributed by atoms with Crippen LogP contribution in [0.1, 0.15) is 31.4 Å². The van der Waals surface area contributed by atoms with Crippen LogP contribution in [0.5, 0.6) is 5.75 Å². The number of piperazine rings is 1. The summed E-state index contributed by atoms with van der Waals surface area (Å²) in [5.74, 6) is 1.86. The number of benzene rings is 1. The van der Waals surface area contributed by atoms with Crippen molar-refractivity contribution in [1.82, 2.24) is 10.2 Å². The van der Waals surface area contributed by atoms with Crippen molar-refractivity contribution in [3.63, 3.8) is 0 Å². The fraction of sp³-hybridized carbons (Fsp3) is 0.625. The van der Waals surface area contributed by atoms with Gasteiger partial charge in [-0.3, -0.25) is 4.90 Å². The van der Waals surface area contributed by atoms with Gasteiger partial charge >= 0.3 is 0 Å². The normalized spacial score (nSPS) is 20.0. The number of hydrogen-bond donors (Lipinski definition) is 1. The topological polar surface area (TPSA) is 24.5 Å². The number of nitrogens with one attached hydrogen (secondary N) is 1. The summed E-state index contributed by atoms with van der Waals surface area (Å²) >= 11 is 0. The molecule has 1 N–H and O–H groups in total. The fourth-order valence-corrected chi connectivity index (χ4v) is 3.08. The van der Waals surface area contributed by atoms with E-state index in [-0.39, 0.29) is 24.8 Å². The molecule has 21 heavy (non-hydrogen) atoms. The predicted molar refractivity (Wildman–Crippen MR) is 92.0 cm³/mol. The molecular formula is C16H26Cl2N2O. The molecule has 3 rings (SSSR count). The average molecular weight is 333 g/mol. The van der Waals surface area contributed by atoms with Gasteiger partial charge in [0.2, 0.25) is 0 Å². The van der Waals surface area contributed by atoms with E-state index in [1.165, 1.54) is 31.5 Å². The van der Waals surface area contributed by atoms with Crippen molar-refractivity contribution in [3.05, 3.63) is 29.8 Å². The minimum Gasteiger partial charge on any atom is -0.494 e. The molecule has 120 valence electrons. The van der Waals surface area contributed by atoms with Crippen LogP contribution >= 0.6 is 24.8 Å². The van der Waals surface area contributed by atoms with Gasteiger partial charge in [0.05, 0.1) is 6.61 Å². The van der Waals surface area contributed by atoms with Crippen LogP contribution in [0.3, 0.4) is 0 Å². The van der Waals surface area contributed by atoms with E-state index >= 15 is 0 Å². The Morgan fingerprint density at radius 3 is 2.29 bits per heavy atom. The summed E-state index contributed by atoms with van der Waals surface area (Å²) in [6, 6.07) is 9.39. The third kappa shape index (κ3) is 4.75. The second kappa shape index (κ2) is 8.84. The van der Waals surface area contributed by atoms with Gasteiger partial charge in [-0.2, -0.15) is 0 Å². The van der Waals surface area contributed by atoms with E-state index in [1.807, 2.05) is 6.92 Å². The van der Waals surface area contributed by atoms with Gasteiger partial charge in [-0.15, -0.1) is 24.8 Å². The van der Waals surface area contributed by atoms with Crippen molar-refractivity contribution in [2.45, 2.75) is 25.8 Å². The van der Waals surface area contributed by atoms with E-state index in [2.05, 4.69) is 34.5 Å². The van der Waals surface area contributed by atoms with Crippen LogP contribution in [0.2, 0.25) is 0 Å². The molecule has 0 radical (unpaired) electrons. The molecule has 2 aliphatic rings. The van der Waals surface area contributed by atoms with Gasteiger partial charge in [0.25, 0.3) is 0 Å². The second-order valence-electron chi connectivity index (χ2n) is 5.57. The molecule has 2 fully saturated rings. The van der Waals surface area contributed by atoms with Crippen LogP contribution in [-0.2, 0) is 0 Å². The Labute approximate surface area is 140 Å². The lowest BCUT2D eigenvalue weighted by atomic mass is 9.99. The van der Waals surface area contributed by atoms with E-state index in [9.17, 15) is 0 Å². The van der Waals surface area contributed by atoms with Crippen LogP contribution in [0.4, 0.5) is 0 Å². The highest BCUT2D eigenvalue weighted by Crippen LogP contribution is 2.44. The molecule has 3 nitrogen and oxygen atoms in total. The molecule has 1 aromatic carbocycles. The first-order valence-corrected chi connectivity index (χ1v) is 7.56. The highest BCUT2D eigenvalue weighted by atomic mass is 35.5. The number of ether oxygens (including phenoxy) is 1. The standard InChI is InChI=1S/C16H24N2O.2ClH/c1-2-19-15-7-5-14(6-8-15)16(13-3-4-13)18-11-9-17-10-12-18;;/h5-8,13,16-17H,2-4,9-12H2,1H3;2*1H/t16-;;/m0../s1. The highest BCUT2D eigenvalue weighted by Gasteiger charge is 2.36. The molecule has 0 amide bonds. The fourth-order valence-electron chi connectivity index (χ4n) is 3.08. The molecule has 0 spiro atoms. The van der Waals surface area contributed by atoms with E-state index < -0.39 is 0 Å². The van der Waals surface area contributed by atoms with Gasteiger partial charge in [-0.1, -0.05) is 12.1 Å². The molecule has 1 atom stereocenters. The summed E-state index contributed by atoms with van der Waals surface area (Å²) in [6.07, 6.45) is 2.78. The maximum Gasteiger partial charge on any atom is 0.119 e. The SMILES string of the molecule is CCOc1ccc([C@H](C2CC2)N2CCNCC2)cc1.Cl.Cl. The predicted octanol–water partition coefficient (Wildman–Crippen LogP) is 3.29. The van der Waals surface area contributed by atoms with Gasteiger partial charge in [-0.05, 0) is 43.4 Å². The van der Waals surface area contributed by atoms with Crippen molar-refractivity contribution < 1.29 is 4.74 Å². The van der Waals surface area contributed by atoms with Crippen LogP contribution in [0.15, 0.2) is 24.3 Å². The Morgan fingerprint density at radius 1 is 1.14 bits per heavy atom. The van der Waals surface area contributed by atoms with Crippen molar-refractivity contribution in [2.24, 2.45) is 5.92 Å². The smallest absolute Gasteiger partial charge is 0.119 e. The number of halogens is 2. The Bertz CT molecular complexity index is 403. The van der Waals surface area contributed by atoms with Crippen LogP contribution in [0.25, 0.3) is 0 Å². The molecule has 0 aromatic heterocycles. The van der Waals surface area contributed by atoms with E-state index in [4.69, 9.17) is 4.74 Å². The highest BCUT2D eigenvalue weighted by molar-refractivity contribution is 5.85. The Hall–Kier alpha value is -0.480. The molecule has 1 saturated heterocycles. The molecule has 1 aliphatic carbocycles. The first-order chi connectivity index (χ1) is 9.38. The van der Waals surface area contributed by atoms with Gasteiger partial charge in [0, 0.05) is 32.2 Å². The summed E-state index contributed by atoms with van der Waals surface area (Å²) in [7, 11) is 0. The minimum atomic E-state index is 0. The zero-order valence-electron chi connectivity index (χ0n) is 12.6. The summed E-state index contributed by atoms with van der Waals surface area (Å²) < 4.78 is 5.54. The van der Waals surface area contributed by atoms with Gasteiger partial charge in [0.1, 0.15) is 5.75 Å². The first-order valence-electron chi connectivity index (χ1n) is 7.56. The molecular weight excluding hydrogens is 307 g/mol. The zero-order valence-corrected chi connectivity index (χ0v) is 14.2. The number of rotatable bonds is 5. The molecule has 1 saturated carbocycles. The van der Waals surface area contributed by atoms with E-state index in [1.54, 1.807) is 0 Å². The summed E-state index contributed by atoms with van der Waals surface area (Å²) in [6.45, 7) is 7.37. The number of hydrogen-bond acceptors (Lipinski definition) is 3. The summed E-state index contributed by atoms with van der Waals surface area (Å²) in [4.78, 5) is 2.66. The Kier molecular flexibility index (Phi) is 7.82. The van der Waals surface area contributed by atoms with Crippen molar-refractivity contribution in [1.29, 1.82) is 0 Å². The van der Waals surface area contributed by atoms with Crippen molar-refractivity contribution in [3.8, 4) is 5.75 Å². The van der Waals surface area contributed by atoms with Crippen molar-refractivity contribution >= 4 is 24.8 Å². The monoisotopic (exact) mass is 332 g/mol. The lowest BCUT2D eigenvalue weighted by Gasteiger charge is -2.35. The summed E-state index contributed by atoms with van der Waals surface area (Å²) in [5.41, 5.74) is 1.47. The van der Waals surface area contributed by atoms with E-state index in [0.717, 1.165) is 31.4 Å². The van der Waals surface area contributed by atoms with Gasteiger partial charge < -0.3 is 10.1 Å². The lowest BCUT2D eigenvalue weighted by molar-refractivity contribution is 0.156. The molecule has 0 unspecified atom stereocenters. The molecule has 1 aromatic rings. The minimum absolute atomic E-state index is 0. The van der Waals surface area contributed by atoms with Crippen molar-refractivity contribution in [2.75, 3.05) is 32.8 Å².